The molecule has 0 aliphatic rings. The van der Waals surface area contributed by atoms with E-state index in [0.717, 1.165) is 6.92 Å². The summed E-state index contributed by atoms with van der Waals surface area (Å²) in [6.07, 6.45) is -12.0. The van der Waals surface area contributed by atoms with Gasteiger partial charge in [0.15, 0.2) is 0 Å². The standard InChI is InChI=1S/C8H12F6O3S/c1-4-5(2)18(15,16)17-6(3,7(9,10)11)8(12,13)14/h5H,4H2,1-3H3. The third-order valence-corrected chi connectivity index (χ3v) is 4.32. The minimum absolute atomic E-state index is 0.172. The van der Waals surface area contributed by atoms with E-state index >= 15 is 0 Å². The number of hydrogen-bond acceptors (Lipinski definition) is 3. The van der Waals surface area contributed by atoms with Crippen molar-refractivity contribution in [2.45, 2.75) is 50.4 Å². The Balaban J connectivity index is 5.58. The highest BCUT2D eigenvalue weighted by Crippen LogP contribution is 2.46. The Morgan fingerprint density at radius 1 is 1.06 bits per heavy atom. The minimum atomic E-state index is -5.90. The average molecular weight is 302 g/mol. The summed E-state index contributed by atoms with van der Waals surface area (Å²) in [5.74, 6) is 0. The van der Waals surface area contributed by atoms with Crippen molar-refractivity contribution in [3.8, 4) is 0 Å². The van der Waals surface area contributed by atoms with Crippen LogP contribution in [-0.2, 0) is 14.3 Å². The molecule has 0 rings (SSSR count). The van der Waals surface area contributed by atoms with Crippen LogP contribution in [-0.4, -0.2) is 31.6 Å². The van der Waals surface area contributed by atoms with E-state index in [9.17, 15) is 34.8 Å². The molecule has 18 heavy (non-hydrogen) atoms. The van der Waals surface area contributed by atoms with Crippen molar-refractivity contribution >= 4 is 10.1 Å². The molecule has 0 radical (unpaired) electrons. The van der Waals surface area contributed by atoms with E-state index in [4.69, 9.17) is 0 Å². The van der Waals surface area contributed by atoms with Crippen LogP contribution in [0, 0.1) is 0 Å². The maximum atomic E-state index is 12.4. The summed E-state index contributed by atoms with van der Waals surface area (Å²) in [6, 6.07) is 0. The summed E-state index contributed by atoms with van der Waals surface area (Å²) in [7, 11) is -4.97. The van der Waals surface area contributed by atoms with Crippen LogP contribution in [0.4, 0.5) is 26.3 Å². The van der Waals surface area contributed by atoms with Gasteiger partial charge in [0.05, 0.1) is 5.25 Å². The predicted molar refractivity (Wildman–Crippen MR) is 50.3 cm³/mol. The molecule has 0 saturated heterocycles. The fourth-order valence-corrected chi connectivity index (χ4v) is 2.00. The van der Waals surface area contributed by atoms with E-state index in [0.29, 0.717) is 0 Å². The normalized spacial score (nSPS) is 16.7. The number of halogens is 6. The van der Waals surface area contributed by atoms with E-state index in [-0.39, 0.29) is 13.3 Å². The quantitative estimate of drug-likeness (QED) is 0.592. The SMILES string of the molecule is CCC(C)S(=O)(=O)OC(C)(C(F)(F)F)C(F)(F)F. The first-order valence-electron chi connectivity index (χ1n) is 4.77. The second kappa shape index (κ2) is 4.87. The van der Waals surface area contributed by atoms with Crippen molar-refractivity contribution in [3.63, 3.8) is 0 Å². The Hall–Kier alpha value is -0.510. The van der Waals surface area contributed by atoms with Crippen LogP contribution in [0.15, 0.2) is 0 Å². The molecule has 0 aromatic carbocycles. The monoisotopic (exact) mass is 302 g/mol. The molecule has 10 heteroatoms. The molecule has 0 bridgehead atoms. The summed E-state index contributed by atoms with van der Waals surface area (Å²) >= 11 is 0. The van der Waals surface area contributed by atoms with Crippen molar-refractivity contribution in [2.75, 3.05) is 0 Å². The second-order valence-electron chi connectivity index (χ2n) is 3.82. The number of rotatable bonds is 4. The van der Waals surface area contributed by atoms with Gasteiger partial charge in [-0.3, -0.25) is 0 Å². The van der Waals surface area contributed by atoms with Crippen molar-refractivity contribution in [1.82, 2.24) is 0 Å². The highest BCUT2D eigenvalue weighted by molar-refractivity contribution is 7.87. The molecular weight excluding hydrogens is 290 g/mol. The summed E-state index contributed by atoms with van der Waals surface area (Å²) < 4.78 is 100. The maximum absolute atomic E-state index is 12.4. The molecule has 0 heterocycles. The molecule has 3 nitrogen and oxygen atoms in total. The molecule has 0 aliphatic heterocycles. The van der Waals surface area contributed by atoms with E-state index in [2.05, 4.69) is 4.18 Å². The molecule has 110 valence electrons. The lowest BCUT2D eigenvalue weighted by atomic mass is 10.1. The number of alkyl halides is 6. The minimum Gasteiger partial charge on any atom is -0.244 e. The van der Waals surface area contributed by atoms with Crippen LogP contribution >= 0.6 is 0 Å². The van der Waals surface area contributed by atoms with E-state index in [1.807, 2.05) is 0 Å². The fourth-order valence-electron chi connectivity index (χ4n) is 0.774. The molecule has 1 unspecified atom stereocenters. The molecule has 0 saturated carbocycles. The Morgan fingerprint density at radius 3 is 1.61 bits per heavy atom. The largest absolute Gasteiger partial charge is 0.427 e. The van der Waals surface area contributed by atoms with E-state index < -0.39 is 33.3 Å². The molecule has 0 aromatic heterocycles. The Morgan fingerprint density at radius 2 is 1.39 bits per heavy atom. The molecule has 1 atom stereocenters. The Bertz CT molecular complexity index is 369. The topological polar surface area (TPSA) is 43.4 Å². The van der Waals surface area contributed by atoms with Crippen LogP contribution in [0.5, 0.6) is 0 Å². The van der Waals surface area contributed by atoms with Gasteiger partial charge in [-0.2, -0.15) is 34.8 Å². The fraction of sp³-hybridized carbons (Fsp3) is 1.00. The molecule has 0 spiro atoms. The van der Waals surface area contributed by atoms with Crippen molar-refractivity contribution in [2.24, 2.45) is 0 Å². The molecule has 0 fully saturated rings. The smallest absolute Gasteiger partial charge is 0.244 e. The van der Waals surface area contributed by atoms with Crippen LogP contribution in [0.3, 0.4) is 0 Å². The van der Waals surface area contributed by atoms with Gasteiger partial charge in [-0.05, 0) is 20.3 Å². The van der Waals surface area contributed by atoms with Crippen LogP contribution in [0.2, 0.25) is 0 Å². The first-order valence-corrected chi connectivity index (χ1v) is 6.24. The Kier molecular flexibility index (Phi) is 4.74. The van der Waals surface area contributed by atoms with Crippen LogP contribution < -0.4 is 0 Å². The van der Waals surface area contributed by atoms with Crippen LogP contribution in [0.25, 0.3) is 0 Å². The van der Waals surface area contributed by atoms with Crippen molar-refractivity contribution < 1.29 is 38.9 Å². The molecule has 0 aliphatic carbocycles. The molecule has 0 amide bonds. The highest BCUT2D eigenvalue weighted by Gasteiger charge is 2.71. The van der Waals surface area contributed by atoms with Gasteiger partial charge in [0, 0.05) is 0 Å². The first kappa shape index (κ1) is 17.5. The van der Waals surface area contributed by atoms with Gasteiger partial charge < -0.3 is 0 Å². The Labute approximate surface area is 100 Å². The average Bonchev–Trinajstić information content (AvgIpc) is 2.12. The summed E-state index contributed by atoms with van der Waals surface area (Å²) in [5.41, 5.74) is -4.75. The highest BCUT2D eigenvalue weighted by atomic mass is 32.2. The molecule has 0 N–H and O–H groups in total. The lowest BCUT2D eigenvalue weighted by Crippen LogP contribution is -2.57. The third-order valence-electron chi connectivity index (χ3n) is 2.43. The lowest BCUT2D eigenvalue weighted by Gasteiger charge is -2.33. The maximum Gasteiger partial charge on any atom is 0.427 e. The first-order chi connectivity index (χ1) is 7.69. The van der Waals surface area contributed by atoms with Gasteiger partial charge in [0.25, 0.3) is 15.7 Å². The lowest BCUT2D eigenvalue weighted by molar-refractivity contribution is -0.349. The van der Waals surface area contributed by atoms with Gasteiger partial charge in [0.2, 0.25) is 0 Å². The van der Waals surface area contributed by atoms with Gasteiger partial charge >= 0.3 is 12.4 Å². The summed E-state index contributed by atoms with van der Waals surface area (Å²) in [6.45, 7) is 1.90. The van der Waals surface area contributed by atoms with Gasteiger partial charge in [-0.1, -0.05) is 6.92 Å². The van der Waals surface area contributed by atoms with Gasteiger partial charge in [-0.25, -0.2) is 4.18 Å². The third kappa shape index (κ3) is 3.28. The van der Waals surface area contributed by atoms with Gasteiger partial charge in [-0.15, -0.1) is 0 Å². The summed E-state index contributed by atoms with van der Waals surface area (Å²) in [4.78, 5) is 0. The zero-order valence-corrected chi connectivity index (χ0v) is 10.5. The second-order valence-corrected chi connectivity index (χ2v) is 5.78. The van der Waals surface area contributed by atoms with E-state index in [1.54, 1.807) is 0 Å². The molecular formula is C8H12F6O3S. The predicted octanol–water partition coefficient (Wildman–Crippen LogP) is 3.01. The van der Waals surface area contributed by atoms with Crippen molar-refractivity contribution in [1.29, 1.82) is 0 Å². The van der Waals surface area contributed by atoms with Crippen molar-refractivity contribution in [3.05, 3.63) is 0 Å². The zero-order chi connectivity index (χ0) is 15.0. The number of hydrogen-bond donors (Lipinski definition) is 0. The molecule has 0 aromatic rings. The zero-order valence-electron chi connectivity index (χ0n) is 9.69. The van der Waals surface area contributed by atoms with Gasteiger partial charge in [0.1, 0.15) is 0 Å². The summed E-state index contributed by atoms with van der Waals surface area (Å²) in [5, 5.41) is -1.47. The van der Waals surface area contributed by atoms with Crippen LogP contribution in [0.1, 0.15) is 27.2 Å². The van der Waals surface area contributed by atoms with E-state index in [1.165, 1.54) is 6.92 Å².